The molecule has 0 radical (unpaired) electrons. The summed E-state index contributed by atoms with van der Waals surface area (Å²) in [5.41, 5.74) is 8.45. The van der Waals surface area contributed by atoms with Gasteiger partial charge in [-0.25, -0.2) is 4.68 Å². The van der Waals surface area contributed by atoms with Crippen molar-refractivity contribution in [1.82, 2.24) is 29.8 Å². The highest BCUT2D eigenvalue weighted by Crippen LogP contribution is 2.40. The Labute approximate surface area is 358 Å². The Morgan fingerprint density at radius 3 is 2.42 bits per heavy atom. The summed E-state index contributed by atoms with van der Waals surface area (Å²) in [5, 5.41) is 13.7. The van der Waals surface area contributed by atoms with Crippen LogP contribution >= 0.6 is 0 Å². The maximum atomic E-state index is 13.3. The lowest BCUT2D eigenvalue weighted by Crippen LogP contribution is -2.54. The van der Waals surface area contributed by atoms with Gasteiger partial charge in [0.25, 0.3) is 17.7 Å². The smallest absolute Gasteiger partial charge is 0.264 e. The molecule has 2 saturated heterocycles. The van der Waals surface area contributed by atoms with Crippen molar-refractivity contribution in [3.63, 3.8) is 0 Å². The molecule has 0 bridgehead atoms. The summed E-state index contributed by atoms with van der Waals surface area (Å²) >= 11 is 0. The Morgan fingerprint density at radius 2 is 1.68 bits per heavy atom. The Bertz CT molecular complexity index is 2390. The molecule has 17 nitrogen and oxygen atoms in total. The Morgan fingerprint density at radius 1 is 0.919 bits per heavy atom. The number of anilines is 2. The van der Waals surface area contributed by atoms with Gasteiger partial charge in [0.05, 0.1) is 30.4 Å². The lowest BCUT2D eigenvalue weighted by atomic mass is 9.87. The first-order valence-corrected chi connectivity index (χ1v) is 20.9. The summed E-state index contributed by atoms with van der Waals surface area (Å²) in [6, 6.07) is 20.9. The standard InChI is InChI=1S/C45H49N9O8/c1-51(25-27-61-26-21-47-33-9-5-8-32-38(33)45(60)53(44(32)59)35-14-15-36(55)49-43(35)58)22-19-37(56)52-23-17-28(18-24-52)34-16-20-48-42-39(41(46)57)40(50-54(34)42)29-10-12-31(13-11-29)62-30-6-3-2-4-7-30/h2-13,19,22,28,34-35,47-48H,14-18,20-21,23-27H2,1H3,(H2,46,57)(H,49,55,58)/b22-19+/t34-,35?/m0/s1. The number of nitrogens with one attached hydrogen (secondary N) is 3. The molecule has 17 heteroatoms. The predicted octanol–water partition coefficient (Wildman–Crippen LogP) is 4.01. The molecule has 4 aliphatic rings. The van der Waals surface area contributed by atoms with Gasteiger partial charge in [0.2, 0.25) is 17.7 Å². The molecule has 0 saturated carbocycles. The topological polar surface area (TPSA) is 211 Å². The number of primary amides is 1. The largest absolute Gasteiger partial charge is 0.457 e. The van der Waals surface area contributed by atoms with E-state index in [9.17, 15) is 28.8 Å². The molecular formula is C45H49N9O8. The van der Waals surface area contributed by atoms with Crippen LogP contribution in [0.1, 0.15) is 69.2 Å². The van der Waals surface area contributed by atoms with Gasteiger partial charge >= 0.3 is 0 Å². The quantitative estimate of drug-likeness (QED) is 0.0760. The van der Waals surface area contributed by atoms with Crippen molar-refractivity contribution in [2.75, 3.05) is 63.6 Å². The van der Waals surface area contributed by atoms with E-state index in [-0.39, 0.29) is 41.8 Å². The molecular weight excluding hydrogens is 795 g/mol. The van der Waals surface area contributed by atoms with E-state index in [4.69, 9.17) is 20.3 Å². The second kappa shape index (κ2) is 18.3. The van der Waals surface area contributed by atoms with Crippen LogP contribution in [0.5, 0.6) is 11.5 Å². The Balaban J connectivity index is 0.783. The molecule has 0 aliphatic carbocycles. The van der Waals surface area contributed by atoms with Gasteiger partial charge < -0.3 is 35.6 Å². The number of fused-ring (bicyclic) bond motifs is 2. The minimum Gasteiger partial charge on any atom is -0.457 e. The molecule has 3 aromatic carbocycles. The second-order valence-electron chi connectivity index (χ2n) is 15.8. The average molecular weight is 844 g/mol. The molecule has 4 aromatic rings. The molecule has 4 aliphatic heterocycles. The summed E-state index contributed by atoms with van der Waals surface area (Å²) < 4.78 is 13.7. The number of likely N-dealkylation sites (tertiary alicyclic amines) is 1. The van der Waals surface area contributed by atoms with E-state index in [0.717, 1.165) is 35.5 Å². The highest BCUT2D eigenvalue weighted by Gasteiger charge is 2.45. The molecule has 1 unspecified atom stereocenters. The lowest BCUT2D eigenvalue weighted by Gasteiger charge is -2.38. The van der Waals surface area contributed by atoms with Gasteiger partial charge in [0.1, 0.15) is 34.6 Å². The van der Waals surface area contributed by atoms with Crippen LogP contribution in [0.25, 0.3) is 11.3 Å². The zero-order valence-electron chi connectivity index (χ0n) is 34.4. The number of para-hydroxylation sites is 1. The average Bonchev–Trinajstić information content (AvgIpc) is 3.80. The van der Waals surface area contributed by atoms with Crippen molar-refractivity contribution in [2.24, 2.45) is 11.7 Å². The molecule has 322 valence electrons. The number of piperidine rings is 2. The van der Waals surface area contributed by atoms with Crippen molar-refractivity contribution in [3.05, 3.63) is 102 Å². The second-order valence-corrected chi connectivity index (χ2v) is 15.8. The fourth-order valence-electron chi connectivity index (χ4n) is 8.59. The van der Waals surface area contributed by atoms with Gasteiger partial charge in [0.15, 0.2) is 0 Å². The van der Waals surface area contributed by atoms with Gasteiger partial charge in [-0.2, -0.15) is 5.10 Å². The third-order valence-electron chi connectivity index (χ3n) is 11.8. The number of likely N-dealkylation sites (N-methyl/N-ethyl adjacent to an activating group) is 1. The number of hydrogen-bond donors (Lipinski definition) is 4. The van der Waals surface area contributed by atoms with Crippen LogP contribution in [0.3, 0.4) is 0 Å². The fourth-order valence-corrected chi connectivity index (χ4v) is 8.59. The summed E-state index contributed by atoms with van der Waals surface area (Å²) in [7, 11) is 1.86. The monoisotopic (exact) mass is 843 g/mol. The number of nitrogens with two attached hydrogens (primary N) is 1. The van der Waals surface area contributed by atoms with E-state index >= 15 is 0 Å². The molecule has 5 heterocycles. The number of benzene rings is 3. The zero-order valence-corrected chi connectivity index (χ0v) is 34.4. The number of imide groups is 2. The molecule has 8 rings (SSSR count). The normalized spacial score (nSPS) is 18.9. The number of nitrogens with zero attached hydrogens (tertiary/aromatic N) is 5. The maximum Gasteiger partial charge on any atom is 0.264 e. The van der Waals surface area contributed by atoms with Crippen LogP contribution in [0.15, 0.2) is 85.1 Å². The van der Waals surface area contributed by atoms with Crippen molar-refractivity contribution in [2.45, 2.75) is 44.2 Å². The molecule has 1 aromatic heterocycles. The molecule has 5 N–H and O–H groups in total. The van der Waals surface area contributed by atoms with Crippen molar-refractivity contribution in [1.29, 1.82) is 0 Å². The van der Waals surface area contributed by atoms with Gasteiger partial charge in [-0.3, -0.25) is 39.0 Å². The Kier molecular flexibility index (Phi) is 12.3. The van der Waals surface area contributed by atoms with E-state index < -0.39 is 35.6 Å². The van der Waals surface area contributed by atoms with Crippen LogP contribution in [0.4, 0.5) is 11.5 Å². The summed E-state index contributed by atoms with van der Waals surface area (Å²) in [6.45, 7) is 3.47. The minimum absolute atomic E-state index is 0.0449. The number of ether oxygens (including phenoxy) is 2. The fraction of sp³-hybridized carbons (Fsp3) is 0.356. The number of carbonyl (C=O) groups excluding carboxylic acids is 6. The highest BCUT2D eigenvalue weighted by atomic mass is 16.5. The Hall–Kier alpha value is -7.01. The number of rotatable bonds is 15. The molecule has 2 fully saturated rings. The maximum absolute atomic E-state index is 13.3. The predicted molar refractivity (Wildman–Crippen MR) is 228 cm³/mol. The first-order valence-electron chi connectivity index (χ1n) is 20.9. The molecule has 6 amide bonds. The van der Waals surface area contributed by atoms with Gasteiger partial charge in [-0.05, 0) is 80.1 Å². The van der Waals surface area contributed by atoms with Crippen molar-refractivity contribution in [3.8, 4) is 22.8 Å². The van der Waals surface area contributed by atoms with Gasteiger partial charge in [-0.1, -0.05) is 24.3 Å². The van der Waals surface area contributed by atoms with Gasteiger partial charge in [0, 0.05) is 69.7 Å². The van der Waals surface area contributed by atoms with Crippen molar-refractivity contribution < 1.29 is 38.2 Å². The molecule has 62 heavy (non-hydrogen) atoms. The molecule has 2 atom stereocenters. The van der Waals surface area contributed by atoms with Gasteiger partial charge in [-0.15, -0.1) is 0 Å². The van der Waals surface area contributed by atoms with E-state index in [1.807, 2.05) is 76.1 Å². The van der Waals surface area contributed by atoms with E-state index in [0.29, 0.717) is 74.4 Å². The van der Waals surface area contributed by atoms with E-state index in [1.165, 1.54) is 0 Å². The van der Waals surface area contributed by atoms with Crippen LogP contribution < -0.4 is 26.4 Å². The minimum atomic E-state index is -1.03. The third kappa shape index (κ3) is 8.74. The van der Waals surface area contributed by atoms with Crippen molar-refractivity contribution >= 4 is 46.9 Å². The number of aromatic nitrogens is 2. The SMILES string of the molecule is CN(/C=C/C(=O)N1CCC([C@@H]2CCNc3c(C(N)=O)c(-c4ccc(Oc5ccccc5)cc4)nn32)CC1)CCOCCNc1cccc2c1C(=O)N(C1CCC(=O)NC1=O)C2=O. The number of carbonyl (C=O) groups is 6. The first-order chi connectivity index (χ1) is 30.1. The summed E-state index contributed by atoms with van der Waals surface area (Å²) in [6.07, 6.45) is 5.88. The van der Waals surface area contributed by atoms with Crippen LogP contribution in [-0.4, -0.2) is 119 Å². The van der Waals surface area contributed by atoms with E-state index in [1.54, 1.807) is 30.5 Å². The van der Waals surface area contributed by atoms with Crippen LogP contribution in [0, 0.1) is 5.92 Å². The number of hydrogen-bond acceptors (Lipinski definition) is 12. The summed E-state index contributed by atoms with van der Waals surface area (Å²) in [5.74, 6) is -0.557. The first kappa shape index (κ1) is 41.7. The van der Waals surface area contributed by atoms with Crippen LogP contribution in [-0.2, 0) is 19.1 Å². The lowest BCUT2D eigenvalue weighted by molar-refractivity contribution is -0.136. The van der Waals surface area contributed by atoms with E-state index in [2.05, 4.69) is 16.0 Å². The van der Waals surface area contributed by atoms with Crippen LogP contribution in [0.2, 0.25) is 0 Å². The zero-order chi connectivity index (χ0) is 43.3. The third-order valence-corrected chi connectivity index (χ3v) is 11.8. The highest BCUT2D eigenvalue weighted by molar-refractivity contribution is 6.25. The number of amides is 6. The molecule has 0 spiro atoms. The summed E-state index contributed by atoms with van der Waals surface area (Å²) in [4.78, 5) is 81.1.